The van der Waals surface area contributed by atoms with E-state index in [0.717, 1.165) is 0 Å². The predicted octanol–water partition coefficient (Wildman–Crippen LogP) is 1.47. The molecule has 0 heterocycles. The van der Waals surface area contributed by atoms with Crippen LogP contribution in [0, 0.1) is 0 Å². The largest absolute Gasteiger partial charge is 0.463 e. The normalized spacial score (nSPS) is 12.8. The van der Waals surface area contributed by atoms with Crippen LogP contribution in [0.3, 0.4) is 0 Å². The summed E-state index contributed by atoms with van der Waals surface area (Å²) in [7, 11) is 0. The smallest absolute Gasteiger partial charge is 0.356 e. The fourth-order valence-corrected chi connectivity index (χ4v) is 0.329. The van der Waals surface area contributed by atoms with Gasteiger partial charge in [0.15, 0.2) is 0 Å². The minimum absolute atomic E-state index is 0.228. The molecule has 0 saturated heterocycles. The Kier molecular flexibility index (Phi) is 4.40. The van der Waals surface area contributed by atoms with Gasteiger partial charge >= 0.3 is 5.97 Å². The van der Waals surface area contributed by atoms with Crippen molar-refractivity contribution in [3.05, 3.63) is 0 Å². The average molecular weight is 155 g/mol. The molecule has 0 aliphatic heterocycles. The van der Waals surface area contributed by atoms with Gasteiger partial charge in [-0.1, -0.05) is 18.5 Å². The Morgan fingerprint density at radius 2 is 2.44 bits per heavy atom. The van der Waals surface area contributed by atoms with Gasteiger partial charge in [-0.05, 0) is 6.42 Å². The molecule has 0 saturated carbocycles. The summed E-state index contributed by atoms with van der Waals surface area (Å²) in [4.78, 5) is 10.2. The van der Waals surface area contributed by atoms with Crippen molar-refractivity contribution in [2.75, 3.05) is 6.61 Å². The van der Waals surface area contributed by atoms with Crippen LogP contribution < -0.4 is 0 Å². The van der Waals surface area contributed by atoms with Crippen LogP contribution in [0.25, 0.3) is 0 Å². The van der Waals surface area contributed by atoms with Gasteiger partial charge in [-0.3, -0.25) is 0 Å². The van der Waals surface area contributed by atoms with E-state index in [4.69, 9.17) is 11.6 Å². The maximum atomic E-state index is 11.7. The number of carbonyl (C=O) groups is 1. The van der Waals surface area contributed by atoms with Crippen molar-refractivity contribution in [2.45, 2.75) is 19.0 Å². The van der Waals surface area contributed by atoms with E-state index >= 15 is 0 Å². The zero-order chi connectivity index (χ0) is 7.28. The molecule has 0 aliphatic carbocycles. The summed E-state index contributed by atoms with van der Waals surface area (Å²) in [5.74, 6) is -1.00. The first-order chi connectivity index (χ1) is 4.18. The summed E-state index contributed by atoms with van der Waals surface area (Å²) >= 11 is 4.72. The van der Waals surface area contributed by atoms with Crippen LogP contribution in [0.1, 0.15) is 13.3 Å². The third-order valence-corrected chi connectivity index (χ3v) is 0.805. The van der Waals surface area contributed by atoms with Crippen molar-refractivity contribution in [3.8, 4) is 0 Å². The van der Waals surface area contributed by atoms with Crippen LogP contribution in [0.5, 0.6) is 0 Å². The number of rotatable bonds is 3. The third kappa shape index (κ3) is 4.21. The van der Waals surface area contributed by atoms with E-state index in [2.05, 4.69) is 4.74 Å². The SMILES string of the molecule is CCCOC(=O)C(F)Cl. The molecule has 0 aliphatic rings. The van der Waals surface area contributed by atoms with E-state index in [0.29, 0.717) is 6.42 Å². The van der Waals surface area contributed by atoms with Crippen molar-refractivity contribution < 1.29 is 13.9 Å². The Balaban J connectivity index is 3.28. The molecule has 1 unspecified atom stereocenters. The highest BCUT2D eigenvalue weighted by atomic mass is 35.5. The average Bonchev–Trinajstić information content (AvgIpc) is 1.82. The van der Waals surface area contributed by atoms with Crippen molar-refractivity contribution in [3.63, 3.8) is 0 Å². The van der Waals surface area contributed by atoms with Crippen LogP contribution in [0.4, 0.5) is 4.39 Å². The van der Waals surface area contributed by atoms with Crippen LogP contribution >= 0.6 is 11.6 Å². The standard InChI is InChI=1S/C5H8ClFO2/c1-2-3-9-5(8)4(6)7/h4H,2-3H2,1H3. The summed E-state index contributed by atoms with van der Waals surface area (Å²) in [5.41, 5.74) is -2.02. The van der Waals surface area contributed by atoms with Gasteiger partial charge in [0.25, 0.3) is 5.63 Å². The second-order valence-electron chi connectivity index (χ2n) is 1.47. The van der Waals surface area contributed by atoms with E-state index in [9.17, 15) is 9.18 Å². The molecule has 0 rings (SSSR count). The molecule has 0 fully saturated rings. The lowest BCUT2D eigenvalue weighted by molar-refractivity contribution is -0.146. The molecule has 2 nitrogen and oxygen atoms in total. The Bertz CT molecular complexity index is 95.0. The van der Waals surface area contributed by atoms with E-state index in [1.54, 1.807) is 0 Å². The molecular weight excluding hydrogens is 147 g/mol. The van der Waals surface area contributed by atoms with Gasteiger partial charge in [0.1, 0.15) is 0 Å². The molecule has 0 bridgehead atoms. The van der Waals surface area contributed by atoms with Crippen LogP contribution in [-0.4, -0.2) is 18.2 Å². The highest BCUT2D eigenvalue weighted by Gasteiger charge is 2.13. The summed E-state index contributed by atoms with van der Waals surface area (Å²) in [6, 6.07) is 0. The fourth-order valence-electron chi connectivity index (χ4n) is 0.266. The second kappa shape index (κ2) is 4.56. The first kappa shape index (κ1) is 8.69. The topological polar surface area (TPSA) is 26.3 Å². The third-order valence-electron chi connectivity index (χ3n) is 0.627. The maximum absolute atomic E-state index is 11.7. The quantitative estimate of drug-likeness (QED) is 0.455. The molecule has 0 aromatic rings. The summed E-state index contributed by atoms with van der Waals surface area (Å²) in [6.45, 7) is 2.04. The summed E-state index contributed by atoms with van der Waals surface area (Å²) < 4.78 is 16.0. The minimum Gasteiger partial charge on any atom is -0.463 e. The fraction of sp³-hybridized carbons (Fsp3) is 0.800. The predicted molar refractivity (Wildman–Crippen MR) is 32.0 cm³/mol. The monoisotopic (exact) mass is 154 g/mol. The first-order valence-corrected chi connectivity index (χ1v) is 3.07. The van der Waals surface area contributed by atoms with Gasteiger partial charge in [0.05, 0.1) is 6.61 Å². The Hall–Kier alpha value is -0.310. The number of hydrogen-bond donors (Lipinski definition) is 0. The molecule has 0 amide bonds. The van der Waals surface area contributed by atoms with Gasteiger partial charge < -0.3 is 4.74 Å². The number of hydrogen-bond acceptors (Lipinski definition) is 2. The maximum Gasteiger partial charge on any atom is 0.356 e. The van der Waals surface area contributed by atoms with Crippen molar-refractivity contribution in [1.82, 2.24) is 0 Å². The van der Waals surface area contributed by atoms with E-state index in [1.165, 1.54) is 0 Å². The Morgan fingerprint density at radius 1 is 1.89 bits per heavy atom. The van der Waals surface area contributed by atoms with Crippen LogP contribution in [-0.2, 0) is 9.53 Å². The lowest BCUT2D eigenvalue weighted by Gasteiger charge is -1.99. The van der Waals surface area contributed by atoms with Crippen molar-refractivity contribution >= 4 is 17.6 Å². The molecule has 54 valence electrons. The zero-order valence-corrected chi connectivity index (χ0v) is 5.82. The lowest BCUT2D eigenvalue weighted by atomic mass is 10.5. The summed E-state index contributed by atoms with van der Waals surface area (Å²) in [6.07, 6.45) is 0.676. The van der Waals surface area contributed by atoms with Crippen molar-refractivity contribution in [2.24, 2.45) is 0 Å². The van der Waals surface area contributed by atoms with Crippen LogP contribution in [0.15, 0.2) is 0 Å². The molecule has 1 atom stereocenters. The van der Waals surface area contributed by atoms with Gasteiger partial charge in [-0.15, -0.1) is 0 Å². The lowest BCUT2D eigenvalue weighted by Crippen LogP contribution is -2.13. The summed E-state index contributed by atoms with van der Waals surface area (Å²) in [5, 5.41) is 0. The number of halogens is 2. The van der Waals surface area contributed by atoms with Gasteiger partial charge in [0, 0.05) is 0 Å². The molecule has 0 N–H and O–H groups in total. The molecule has 4 heteroatoms. The Labute approximate surface area is 57.9 Å². The molecule has 0 radical (unpaired) electrons. The number of carbonyl (C=O) groups excluding carboxylic acids is 1. The first-order valence-electron chi connectivity index (χ1n) is 2.63. The highest BCUT2D eigenvalue weighted by Crippen LogP contribution is 1.99. The highest BCUT2D eigenvalue weighted by molar-refractivity contribution is 6.28. The molecule has 0 aromatic heterocycles. The molecular formula is C5H8ClFO2. The van der Waals surface area contributed by atoms with Crippen LogP contribution in [0.2, 0.25) is 0 Å². The molecule has 0 aromatic carbocycles. The zero-order valence-electron chi connectivity index (χ0n) is 5.06. The second-order valence-corrected chi connectivity index (χ2v) is 1.85. The molecule has 0 spiro atoms. The van der Waals surface area contributed by atoms with E-state index < -0.39 is 11.6 Å². The van der Waals surface area contributed by atoms with Crippen molar-refractivity contribution in [1.29, 1.82) is 0 Å². The molecule has 9 heavy (non-hydrogen) atoms. The van der Waals surface area contributed by atoms with E-state index in [-0.39, 0.29) is 6.61 Å². The Morgan fingerprint density at radius 3 is 2.78 bits per heavy atom. The van der Waals surface area contributed by atoms with Gasteiger partial charge in [-0.25, -0.2) is 9.18 Å². The number of alkyl halides is 2. The number of ether oxygens (including phenoxy) is 1. The van der Waals surface area contributed by atoms with Gasteiger partial charge in [0.2, 0.25) is 0 Å². The van der Waals surface area contributed by atoms with E-state index in [1.807, 2.05) is 6.92 Å². The van der Waals surface area contributed by atoms with Gasteiger partial charge in [-0.2, -0.15) is 0 Å². The minimum atomic E-state index is -2.02. The number of esters is 1.